The Morgan fingerprint density at radius 1 is 0.969 bits per heavy atom. The number of aliphatic hydroxyl groups excluding tert-OH is 1. The standard InChI is InChI=1S/C26H38N2O4/c1-19(2)16-27-17-24(29)23(28-25(30)32-26(3,4)5)15-20-11-13-22(14-12-20)31-18-21-9-7-6-8-10-21/h6-14,19,23-24,27,29H,15-18H2,1-5H3,(H,28,30). The predicted molar refractivity (Wildman–Crippen MR) is 128 cm³/mol. The van der Waals surface area contributed by atoms with Gasteiger partial charge in [-0.3, -0.25) is 0 Å². The Bertz CT molecular complexity index is 801. The van der Waals surface area contributed by atoms with Crippen molar-refractivity contribution in [1.29, 1.82) is 0 Å². The van der Waals surface area contributed by atoms with Crippen LogP contribution in [-0.2, 0) is 17.8 Å². The Morgan fingerprint density at radius 2 is 1.62 bits per heavy atom. The van der Waals surface area contributed by atoms with Gasteiger partial charge in [0, 0.05) is 6.54 Å². The molecular formula is C26H38N2O4. The number of aliphatic hydroxyl groups is 1. The summed E-state index contributed by atoms with van der Waals surface area (Å²) in [5.74, 6) is 1.25. The first-order valence-corrected chi connectivity index (χ1v) is 11.3. The molecule has 2 aromatic carbocycles. The second-order valence-corrected chi connectivity index (χ2v) is 9.49. The van der Waals surface area contributed by atoms with Crippen LogP contribution in [0.2, 0.25) is 0 Å². The van der Waals surface area contributed by atoms with Gasteiger partial charge in [0.15, 0.2) is 0 Å². The van der Waals surface area contributed by atoms with E-state index < -0.39 is 23.8 Å². The van der Waals surface area contributed by atoms with Gasteiger partial charge >= 0.3 is 6.09 Å². The molecule has 0 aromatic heterocycles. The maximum atomic E-state index is 12.3. The molecule has 32 heavy (non-hydrogen) atoms. The van der Waals surface area contributed by atoms with Crippen LogP contribution in [-0.4, -0.2) is 42.0 Å². The lowest BCUT2D eigenvalue weighted by atomic mass is 10.0. The molecule has 6 heteroatoms. The Labute approximate surface area is 192 Å². The summed E-state index contributed by atoms with van der Waals surface area (Å²) in [5, 5.41) is 16.8. The minimum atomic E-state index is -0.754. The molecule has 3 N–H and O–H groups in total. The van der Waals surface area contributed by atoms with E-state index in [1.807, 2.05) is 75.4 Å². The molecule has 0 spiro atoms. The van der Waals surface area contributed by atoms with Crippen LogP contribution >= 0.6 is 0 Å². The molecule has 2 aromatic rings. The first kappa shape index (κ1) is 25.7. The lowest BCUT2D eigenvalue weighted by Gasteiger charge is -2.27. The van der Waals surface area contributed by atoms with Gasteiger partial charge in [0.25, 0.3) is 0 Å². The first-order chi connectivity index (χ1) is 15.1. The Morgan fingerprint density at radius 3 is 2.22 bits per heavy atom. The molecule has 0 aliphatic carbocycles. The number of carbonyl (C=O) groups excluding carboxylic acids is 1. The van der Waals surface area contributed by atoms with Gasteiger partial charge in [0.2, 0.25) is 0 Å². The van der Waals surface area contributed by atoms with E-state index in [0.717, 1.165) is 23.4 Å². The van der Waals surface area contributed by atoms with Crippen LogP contribution in [0.15, 0.2) is 54.6 Å². The smallest absolute Gasteiger partial charge is 0.407 e. The van der Waals surface area contributed by atoms with Crippen molar-refractivity contribution in [3.8, 4) is 5.75 Å². The summed E-state index contributed by atoms with van der Waals surface area (Å²) < 4.78 is 11.2. The largest absolute Gasteiger partial charge is 0.489 e. The number of hydrogen-bond donors (Lipinski definition) is 3. The van der Waals surface area contributed by atoms with Crippen molar-refractivity contribution in [2.24, 2.45) is 5.92 Å². The van der Waals surface area contributed by atoms with Crippen LogP contribution in [0, 0.1) is 5.92 Å². The van der Waals surface area contributed by atoms with E-state index in [0.29, 0.717) is 25.5 Å². The lowest BCUT2D eigenvalue weighted by Crippen LogP contribution is -2.50. The fraction of sp³-hybridized carbons (Fsp3) is 0.500. The van der Waals surface area contributed by atoms with Crippen molar-refractivity contribution in [2.75, 3.05) is 13.1 Å². The monoisotopic (exact) mass is 442 g/mol. The van der Waals surface area contributed by atoms with Crippen molar-refractivity contribution < 1.29 is 19.4 Å². The van der Waals surface area contributed by atoms with Crippen molar-refractivity contribution in [3.05, 3.63) is 65.7 Å². The highest BCUT2D eigenvalue weighted by atomic mass is 16.6. The molecule has 6 nitrogen and oxygen atoms in total. The fourth-order valence-electron chi connectivity index (χ4n) is 3.12. The van der Waals surface area contributed by atoms with Gasteiger partial charge in [-0.1, -0.05) is 56.3 Å². The molecule has 0 heterocycles. The van der Waals surface area contributed by atoms with E-state index >= 15 is 0 Å². The summed E-state index contributed by atoms with van der Waals surface area (Å²) >= 11 is 0. The zero-order valence-electron chi connectivity index (χ0n) is 19.9. The maximum absolute atomic E-state index is 12.3. The number of amides is 1. The van der Waals surface area contributed by atoms with Crippen LogP contribution in [0.25, 0.3) is 0 Å². The second kappa shape index (κ2) is 12.5. The highest BCUT2D eigenvalue weighted by Crippen LogP contribution is 2.16. The molecule has 176 valence electrons. The van der Waals surface area contributed by atoms with Crippen molar-refractivity contribution in [2.45, 2.75) is 65.4 Å². The average Bonchev–Trinajstić information content (AvgIpc) is 2.72. The molecular weight excluding hydrogens is 404 g/mol. The van der Waals surface area contributed by atoms with E-state index in [4.69, 9.17) is 9.47 Å². The number of rotatable bonds is 11. The molecule has 2 atom stereocenters. The number of nitrogens with one attached hydrogen (secondary N) is 2. The molecule has 2 unspecified atom stereocenters. The van der Waals surface area contributed by atoms with Gasteiger partial charge in [-0.2, -0.15) is 0 Å². The summed E-state index contributed by atoms with van der Waals surface area (Å²) in [6, 6.07) is 17.2. The van der Waals surface area contributed by atoms with E-state index in [2.05, 4.69) is 24.5 Å². The minimum absolute atomic E-state index is 0.386. The third kappa shape index (κ3) is 10.2. The molecule has 0 saturated heterocycles. The van der Waals surface area contributed by atoms with Gasteiger partial charge in [-0.15, -0.1) is 0 Å². The maximum Gasteiger partial charge on any atom is 0.407 e. The number of benzene rings is 2. The molecule has 0 fully saturated rings. The molecule has 0 bridgehead atoms. The lowest BCUT2D eigenvalue weighted by molar-refractivity contribution is 0.0422. The van der Waals surface area contributed by atoms with Crippen LogP contribution in [0.3, 0.4) is 0 Å². The van der Waals surface area contributed by atoms with Crippen LogP contribution < -0.4 is 15.4 Å². The van der Waals surface area contributed by atoms with Crippen molar-refractivity contribution >= 4 is 6.09 Å². The average molecular weight is 443 g/mol. The van der Waals surface area contributed by atoms with E-state index in [-0.39, 0.29) is 0 Å². The molecule has 0 aliphatic rings. The molecule has 0 aliphatic heterocycles. The van der Waals surface area contributed by atoms with Crippen molar-refractivity contribution in [1.82, 2.24) is 10.6 Å². The summed E-state index contributed by atoms with van der Waals surface area (Å²) in [6.45, 7) is 11.3. The fourth-order valence-corrected chi connectivity index (χ4v) is 3.12. The highest BCUT2D eigenvalue weighted by Gasteiger charge is 2.25. The van der Waals surface area contributed by atoms with Crippen LogP contribution in [0.5, 0.6) is 5.75 Å². The number of hydrogen-bond acceptors (Lipinski definition) is 5. The van der Waals surface area contributed by atoms with Gasteiger partial charge in [-0.05, 0) is 62.9 Å². The van der Waals surface area contributed by atoms with E-state index in [9.17, 15) is 9.90 Å². The van der Waals surface area contributed by atoms with Crippen LogP contribution in [0.1, 0.15) is 45.7 Å². The third-order valence-electron chi connectivity index (χ3n) is 4.70. The van der Waals surface area contributed by atoms with E-state index in [1.54, 1.807) is 0 Å². The van der Waals surface area contributed by atoms with Gasteiger partial charge in [0.1, 0.15) is 18.0 Å². The molecule has 1 amide bonds. The molecule has 2 rings (SSSR count). The number of carbonyl (C=O) groups is 1. The minimum Gasteiger partial charge on any atom is -0.489 e. The van der Waals surface area contributed by atoms with Gasteiger partial charge in [-0.25, -0.2) is 4.79 Å². The first-order valence-electron chi connectivity index (χ1n) is 11.3. The van der Waals surface area contributed by atoms with Gasteiger partial charge in [0.05, 0.1) is 12.1 Å². The topological polar surface area (TPSA) is 79.8 Å². The highest BCUT2D eigenvalue weighted by molar-refractivity contribution is 5.68. The number of ether oxygens (including phenoxy) is 2. The van der Waals surface area contributed by atoms with Crippen LogP contribution in [0.4, 0.5) is 4.79 Å². The zero-order chi connectivity index (χ0) is 23.6. The summed E-state index contributed by atoms with van der Waals surface area (Å²) in [5.41, 5.74) is 1.49. The Kier molecular flexibility index (Phi) is 10.0. The summed E-state index contributed by atoms with van der Waals surface area (Å²) in [7, 11) is 0. The normalized spacial score (nSPS) is 13.5. The summed E-state index contributed by atoms with van der Waals surface area (Å²) in [4.78, 5) is 12.3. The second-order valence-electron chi connectivity index (χ2n) is 9.49. The van der Waals surface area contributed by atoms with E-state index in [1.165, 1.54) is 0 Å². The van der Waals surface area contributed by atoms with Crippen molar-refractivity contribution in [3.63, 3.8) is 0 Å². The molecule has 0 saturated carbocycles. The molecule has 0 radical (unpaired) electrons. The quantitative estimate of drug-likeness (QED) is 0.483. The Balaban J connectivity index is 1.98. The third-order valence-corrected chi connectivity index (χ3v) is 4.70. The number of alkyl carbamates (subject to hydrolysis) is 1. The SMILES string of the molecule is CC(C)CNCC(O)C(Cc1ccc(OCc2ccccc2)cc1)NC(=O)OC(C)(C)C. The zero-order valence-corrected chi connectivity index (χ0v) is 19.9. The summed E-state index contributed by atoms with van der Waals surface area (Å²) in [6.07, 6.45) is -0.813. The van der Waals surface area contributed by atoms with Gasteiger partial charge < -0.3 is 25.2 Å². The Hall–Kier alpha value is -2.57. The predicted octanol–water partition coefficient (Wildman–Crippen LogP) is 4.31.